The average molecular weight is 350 g/mol. The van der Waals surface area contributed by atoms with Crippen LogP contribution in [0.5, 0.6) is 0 Å². The molecule has 1 aliphatic rings. The number of ether oxygens (including phenoxy) is 1. The fourth-order valence-electron chi connectivity index (χ4n) is 2.99. The quantitative estimate of drug-likeness (QED) is 0.357. The van der Waals surface area contributed by atoms with Crippen LogP contribution in [0.1, 0.15) is 11.1 Å². The third-order valence-corrected chi connectivity index (χ3v) is 4.23. The van der Waals surface area contributed by atoms with Gasteiger partial charge in [-0.25, -0.2) is 4.39 Å². The Morgan fingerprint density at radius 3 is 2.69 bits per heavy atom. The van der Waals surface area contributed by atoms with Crippen LogP contribution >= 0.6 is 0 Å². The molecule has 2 aromatic rings. The van der Waals surface area contributed by atoms with E-state index in [2.05, 4.69) is 38.9 Å². The van der Waals surface area contributed by atoms with Crippen molar-refractivity contribution in [2.24, 2.45) is 5.11 Å². The van der Waals surface area contributed by atoms with Crippen molar-refractivity contribution in [3.63, 3.8) is 0 Å². The summed E-state index contributed by atoms with van der Waals surface area (Å²) in [6.45, 7) is 2.25. The number of hydrogen-bond acceptors (Lipinski definition) is 3. The number of benzene rings is 2. The number of rotatable bonds is 5. The van der Waals surface area contributed by atoms with Crippen LogP contribution in [0.25, 0.3) is 10.4 Å². The lowest BCUT2D eigenvalue weighted by atomic mass is 10.2. The average Bonchev–Trinajstić information content (AvgIpc) is 3.02. The maximum absolute atomic E-state index is 13.5. The Morgan fingerprint density at radius 2 is 1.92 bits per heavy atom. The first-order valence-electron chi connectivity index (χ1n) is 8.42. The van der Waals surface area contributed by atoms with Gasteiger partial charge in [-0.3, -0.25) is 4.90 Å². The van der Waals surface area contributed by atoms with E-state index in [-0.39, 0.29) is 24.6 Å². The van der Waals surface area contributed by atoms with Crippen LogP contribution in [0, 0.1) is 17.7 Å². The van der Waals surface area contributed by atoms with Gasteiger partial charge >= 0.3 is 0 Å². The monoisotopic (exact) mass is 350 g/mol. The highest BCUT2D eigenvalue weighted by molar-refractivity contribution is 5.35. The smallest absolute Gasteiger partial charge is 0.138 e. The van der Waals surface area contributed by atoms with E-state index in [1.807, 2.05) is 18.2 Å². The van der Waals surface area contributed by atoms with Crippen molar-refractivity contribution in [3.05, 3.63) is 82.0 Å². The first-order valence-corrected chi connectivity index (χ1v) is 8.42. The standard InChI is InChI=1S/C20H19FN4O/c21-18-11-5-4-9-17(18)10-6-12-26-20-15-25(14-19(20)23-24-22)13-16-7-2-1-3-8-16/h1-5,7-9,11,19-20H,12-15H2/t19-,20?/m1/s1. The van der Waals surface area contributed by atoms with Gasteiger partial charge in [0.05, 0.1) is 17.7 Å². The molecule has 5 nitrogen and oxygen atoms in total. The van der Waals surface area contributed by atoms with E-state index < -0.39 is 0 Å². The lowest BCUT2D eigenvalue weighted by molar-refractivity contribution is 0.0742. The third-order valence-electron chi connectivity index (χ3n) is 4.23. The van der Waals surface area contributed by atoms with Gasteiger partial charge in [0.1, 0.15) is 12.4 Å². The van der Waals surface area contributed by atoms with Gasteiger partial charge in [0.25, 0.3) is 0 Å². The largest absolute Gasteiger partial charge is 0.364 e. The Labute approximate surface area is 152 Å². The van der Waals surface area contributed by atoms with Crippen LogP contribution in [-0.2, 0) is 11.3 Å². The number of azide groups is 1. The summed E-state index contributed by atoms with van der Waals surface area (Å²) in [6, 6.07) is 16.2. The van der Waals surface area contributed by atoms with E-state index in [0.29, 0.717) is 18.7 Å². The second-order valence-electron chi connectivity index (χ2n) is 6.08. The van der Waals surface area contributed by atoms with Crippen LogP contribution in [0.4, 0.5) is 4.39 Å². The summed E-state index contributed by atoms with van der Waals surface area (Å²) < 4.78 is 19.3. The molecule has 0 N–H and O–H groups in total. The number of likely N-dealkylation sites (tertiary alicyclic amines) is 1. The highest BCUT2D eigenvalue weighted by Gasteiger charge is 2.32. The van der Waals surface area contributed by atoms with Gasteiger partial charge in [-0.15, -0.1) is 0 Å². The molecule has 2 aromatic carbocycles. The molecule has 3 rings (SSSR count). The summed E-state index contributed by atoms with van der Waals surface area (Å²) in [7, 11) is 0. The van der Waals surface area contributed by atoms with Crippen LogP contribution in [0.2, 0.25) is 0 Å². The molecular formula is C20H19FN4O. The van der Waals surface area contributed by atoms with E-state index in [1.54, 1.807) is 18.2 Å². The van der Waals surface area contributed by atoms with Gasteiger partial charge in [-0.05, 0) is 23.2 Å². The Hall–Kier alpha value is -2.84. The molecule has 1 heterocycles. The molecule has 0 spiro atoms. The summed E-state index contributed by atoms with van der Waals surface area (Å²) in [5.41, 5.74) is 10.3. The van der Waals surface area contributed by atoms with E-state index in [1.165, 1.54) is 11.6 Å². The second kappa shape index (κ2) is 9.02. The van der Waals surface area contributed by atoms with Gasteiger partial charge in [0.2, 0.25) is 0 Å². The number of nitrogens with zero attached hydrogens (tertiary/aromatic N) is 4. The van der Waals surface area contributed by atoms with Gasteiger partial charge in [0.15, 0.2) is 0 Å². The highest BCUT2D eigenvalue weighted by atomic mass is 19.1. The first kappa shape index (κ1) is 18.0. The number of halogens is 1. The summed E-state index contributed by atoms with van der Waals surface area (Å²) in [6.07, 6.45) is -0.218. The molecule has 2 atom stereocenters. The topological polar surface area (TPSA) is 61.2 Å². The van der Waals surface area contributed by atoms with Crippen LogP contribution in [-0.4, -0.2) is 36.7 Å². The molecule has 1 fully saturated rings. The molecule has 0 amide bonds. The third kappa shape index (κ3) is 4.84. The number of hydrogen-bond donors (Lipinski definition) is 0. The molecular weight excluding hydrogens is 331 g/mol. The SMILES string of the molecule is [N-]=[N+]=N[C@@H]1CN(Cc2ccccc2)CC1OCC#Cc1ccccc1F. The van der Waals surface area contributed by atoms with Crippen molar-refractivity contribution < 1.29 is 9.13 Å². The van der Waals surface area contributed by atoms with E-state index in [0.717, 1.165) is 6.54 Å². The molecule has 26 heavy (non-hydrogen) atoms. The van der Waals surface area contributed by atoms with Crippen LogP contribution in [0.3, 0.4) is 0 Å². The van der Waals surface area contributed by atoms with Crippen molar-refractivity contribution in [2.45, 2.75) is 18.7 Å². The molecule has 0 aromatic heterocycles. The molecule has 0 bridgehead atoms. The highest BCUT2D eigenvalue weighted by Crippen LogP contribution is 2.19. The van der Waals surface area contributed by atoms with Gasteiger partial charge in [-0.1, -0.05) is 59.4 Å². The minimum Gasteiger partial charge on any atom is -0.364 e. The minimum absolute atomic E-state index is 0.162. The Bertz CT molecular complexity index is 840. The normalized spacial score (nSPS) is 19.4. The Kier molecular flexibility index (Phi) is 6.24. The first-order chi connectivity index (χ1) is 12.8. The molecule has 1 saturated heterocycles. The van der Waals surface area contributed by atoms with Gasteiger partial charge < -0.3 is 4.74 Å². The zero-order valence-corrected chi connectivity index (χ0v) is 14.3. The fraction of sp³-hybridized carbons (Fsp3) is 0.300. The summed E-state index contributed by atoms with van der Waals surface area (Å²) in [5.74, 6) is 5.25. The molecule has 0 aliphatic carbocycles. The Morgan fingerprint density at radius 1 is 1.15 bits per heavy atom. The molecule has 0 saturated carbocycles. The zero-order chi connectivity index (χ0) is 18.2. The predicted octanol–water partition coefficient (Wildman–Crippen LogP) is 3.76. The molecule has 6 heteroatoms. The zero-order valence-electron chi connectivity index (χ0n) is 14.3. The van der Waals surface area contributed by atoms with Crippen molar-refractivity contribution in [3.8, 4) is 11.8 Å². The van der Waals surface area contributed by atoms with Crippen molar-refractivity contribution >= 4 is 0 Å². The van der Waals surface area contributed by atoms with E-state index >= 15 is 0 Å². The molecule has 132 valence electrons. The lowest BCUT2D eigenvalue weighted by Crippen LogP contribution is -2.25. The summed E-state index contributed by atoms with van der Waals surface area (Å²) in [5, 5.41) is 3.85. The molecule has 1 unspecified atom stereocenters. The molecule has 0 radical (unpaired) electrons. The maximum atomic E-state index is 13.5. The second-order valence-corrected chi connectivity index (χ2v) is 6.08. The Balaban J connectivity index is 1.57. The van der Waals surface area contributed by atoms with Crippen molar-refractivity contribution in [2.75, 3.05) is 19.7 Å². The maximum Gasteiger partial charge on any atom is 0.138 e. The predicted molar refractivity (Wildman–Crippen MR) is 97.7 cm³/mol. The van der Waals surface area contributed by atoms with Gasteiger partial charge in [-0.2, -0.15) is 0 Å². The van der Waals surface area contributed by atoms with Crippen LogP contribution in [0.15, 0.2) is 59.7 Å². The van der Waals surface area contributed by atoms with Gasteiger partial charge in [0, 0.05) is 24.5 Å². The minimum atomic E-state index is -0.346. The van der Waals surface area contributed by atoms with E-state index in [9.17, 15) is 4.39 Å². The van der Waals surface area contributed by atoms with E-state index in [4.69, 9.17) is 10.3 Å². The summed E-state index contributed by atoms with van der Waals surface area (Å²) >= 11 is 0. The summed E-state index contributed by atoms with van der Waals surface area (Å²) in [4.78, 5) is 5.13. The lowest BCUT2D eigenvalue weighted by Gasteiger charge is -2.15. The van der Waals surface area contributed by atoms with Crippen molar-refractivity contribution in [1.29, 1.82) is 0 Å². The molecule has 1 aliphatic heterocycles. The van der Waals surface area contributed by atoms with Crippen LogP contribution < -0.4 is 0 Å². The van der Waals surface area contributed by atoms with Crippen molar-refractivity contribution in [1.82, 2.24) is 4.90 Å². The fourth-order valence-corrected chi connectivity index (χ4v) is 2.99.